The number of nitrogen functional groups attached to an aromatic ring is 1. The Morgan fingerprint density at radius 1 is 1.63 bits per heavy atom. The van der Waals surface area contributed by atoms with Crippen molar-refractivity contribution in [3.63, 3.8) is 0 Å². The number of rotatable bonds is 3. The van der Waals surface area contributed by atoms with Crippen LogP contribution in [0.25, 0.3) is 0 Å². The molecule has 1 aliphatic heterocycles. The summed E-state index contributed by atoms with van der Waals surface area (Å²) < 4.78 is 5.28. The van der Waals surface area contributed by atoms with Crippen molar-refractivity contribution in [2.75, 3.05) is 32.1 Å². The van der Waals surface area contributed by atoms with Crippen LogP contribution in [0.5, 0.6) is 0 Å². The fourth-order valence-electron chi connectivity index (χ4n) is 2.32. The van der Waals surface area contributed by atoms with E-state index in [9.17, 15) is 9.90 Å². The van der Waals surface area contributed by atoms with Crippen LogP contribution < -0.4 is 5.73 Å². The zero-order valence-electron chi connectivity index (χ0n) is 11.1. The molecule has 0 bridgehead atoms. The number of nitrogens with two attached hydrogens (primary N) is 1. The van der Waals surface area contributed by atoms with Crippen molar-refractivity contribution in [3.05, 3.63) is 29.8 Å². The molecule has 104 valence electrons. The maximum absolute atomic E-state index is 12.5. The molecular formula is C14H20N2O3. The maximum atomic E-state index is 12.5. The molecule has 0 radical (unpaired) electrons. The number of hydrogen-bond acceptors (Lipinski definition) is 4. The van der Waals surface area contributed by atoms with Crippen LogP contribution in [0.3, 0.4) is 0 Å². The van der Waals surface area contributed by atoms with E-state index in [1.165, 1.54) is 0 Å². The first-order chi connectivity index (χ1) is 9.13. The topological polar surface area (TPSA) is 75.8 Å². The minimum absolute atomic E-state index is 0.00736. The van der Waals surface area contributed by atoms with Gasteiger partial charge in [0, 0.05) is 12.2 Å². The highest BCUT2D eigenvalue weighted by molar-refractivity contribution is 5.84. The number of benzene rings is 1. The summed E-state index contributed by atoms with van der Waals surface area (Å²) in [4.78, 5) is 14.2. The highest BCUT2D eigenvalue weighted by Crippen LogP contribution is 2.22. The van der Waals surface area contributed by atoms with Gasteiger partial charge in [-0.3, -0.25) is 4.79 Å². The molecule has 0 aromatic heterocycles. The lowest BCUT2D eigenvalue weighted by Crippen LogP contribution is -2.51. The number of nitrogens with zero attached hydrogens (tertiary/aromatic N) is 1. The van der Waals surface area contributed by atoms with Gasteiger partial charge in [-0.15, -0.1) is 0 Å². The number of morpholine rings is 1. The van der Waals surface area contributed by atoms with E-state index < -0.39 is 0 Å². The van der Waals surface area contributed by atoms with E-state index in [-0.39, 0.29) is 24.5 Å². The molecule has 1 fully saturated rings. The van der Waals surface area contributed by atoms with Gasteiger partial charge in [0.15, 0.2) is 0 Å². The van der Waals surface area contributed by atoms with Gasteiger partial charge in [-0.25, -0.2) is 0 Å². The third kappa shape index (κ3) is 3.05. The summed E-state index contributed by atoms with van der Waals surface area (Å²) in [7, 11) is 0. The molecule has 5 nitrogen and oxygen atoms in total. The predicted octanol–water partition coefficient (Wildman–Crippen LogP) is 0.592. The third-order valence-corrected chi connectivity index (χ3v) is 3.50. The van der Waals surface area contributed by atoms with Gasteiger partial charge >= 0.3 is 0 Å². The Balaban J connectivity index is 2.13. The van der Waals surface area contributed by atoms with Crippen LogP contribution in [0.4, 0.5) is 5.69 Å². The van der Waals surface area contributed by atoms with Crippen LogP contribution in [0.2, 0.25) is 0 Å². The van der Waals surface area contributed by atoms with E-state index in [0.717, 1.165) is 5.56 Å². The van der Waals surface area contributed by atoms with Crippen molar-refractivity contribution in [1.29, 1.82) is 0 Å². The Morgan fingerprint density at radius 3 is 3.11 bits per heavy atom. The first kappa shape index (κ1) is 13.8. The van der Waals surface area contributed by atoms with Gasteiger partial charge in [-0.05, 0) is 24.6 Å². The molecule has 0 aliphatic carbocycles. The highest BCUT2D eigenvalue weighted by Gasteiger charge is 2.30. The molecule has 1 saturated heterocycles. The summed E-state index contributed by atoms with van der Waals surface area (Å²) >= 11 is 0. The Labute approximate surface area is 113 Å². The molecule has 0 spiro atoms. The fourth-order valence-corrected chi connectivity index (χ4v) is 2.32. The van der Waals surface area contributed by atoms with Crippen molar-refractivity contribution in [2.45, 2.75) is 18.9 Å². The molecule has 1 aromatic rings. The first-order valence-electron chi connectivity index (χ1n) is 6.48. The minimum atomic E-state index is -0.268. The number of ether oxygens (including phenoxy) is 1. The molecule has 19 heavy (non-hydrogen) atoms. The highest BCUT2D eigenvalue weighted by atomic mass is 16.5. The van der Waals surface area contributed by atoms with E-state index in [1.807, 2.05) is 25.1 Å². The Hall–Kier alpha value is -1.59. The average molecular weight is 264 g/mol. The molecule has 5 heteroatoms. The monoisotopic (exact) mass is 264 g/mol. The zero-order chi connectivity index (χ0) is 13.8. The molecule has 1 amide bonds. The van der Waals surface area contributed by atoms with Gasteiger partial charge in [0.05, 0.1) is 31.8 Å². The third-order valence-electron chi connectivity index (χ3n) is 3.50. The quantitative estimate of drug-likeness (QED) is 0.784. The largest absolute Gasteiger partial charge is 0.399 e. The summed E-state index contributed by atoms with van der Waals surface area (Å²) in [5.41, 5.74) is 7.29. The smallest absolute Gasteiger partial charge is 0.230 e. The minimum Gasteiger partial charge on any atom is -0.399 e. The summed E-state index contributed by atoms with van der Waals surface area (Å²) in [6.07, 6.45) is 0. The van der Waals surface area contributed by atoms with Gasteiger partial charge < -0.3 is 20.5 Å². The van der Waals surface area contributed by atoms with Gasteiger partial charge in [0.2, 0.25) is 5.91 Å². The van der Waals surface area contributed by atoms with Crippen LogP contribution >= 0.6 is 0 Å². The number of hydrogen-bond donors (Lipinski definition) is 2. The lowest BCUT2D eigenvalue weighted by Gasteiger charge is -2.36. The van der Waals surface area contributed by atoms with Crippen LogP contribution in [0.1, 0.15) is 18.4 Å². The van der Waals surface area contributed by atoms with Crippen LogP contribution in [-0.4, -0.2) is 48.3 Å². The lowest BCUT2D eigenvalue weighted by atomic mass is 9.98. The van der Waals surface area contributed by atoms with E-state index in [1.54, 1.807) is 11.0 Å². The molecule has 2 atom stereocenters. The summed E-state index contributed by atoms with van der Waals surface area (Å²) in [6.45, 7) is 3.23. The normalized spacial score (nSPS) is 21.2. The Kier molecular flexibility index (Phi) is 4.39. The average Bonchev–Trinajstić information content (AvgIpc) is 2.45. The number of aliphatic hydroxyl groups is 1. The number of carbonyl (C=O) groups is 1. The van der Waals surface area contributed by atoms with Crippen molar-refractivity contribution in [2.24, 2.45) is 0 Å². The summed E-state index contributed by atoms with van der Waals surface area (Å²) in [5.74, 6) is -0.261. The van der Waals surface area contributed by atoms with Crippen LogP contribution in [0, 0.1) is 0 Å². The second-order valence-corrected chi connectivity index (χ2v) is 4.83. The van der Waals surface area contributed by atoms with Crippen LogP contribution in [-0.2, 0) is 9.53 Å². The van der Waals surface area contributed by atoms with E-state index in [0.29, 0.717) is 25.4 Å². The molecule has 1 aromatic carbocycles. The molecule has 1 aliphatic rings. The number of carbonyl (C=O) groups excluding carboxylic acids is 1. The number of aliphatic hydroxyl groups excluding tert-OH is 1. The first-order valence-corrected chi connectivity index (χ1v) is 6.48. The second-order valence-electron chi connectivity index (χ2n) is 4.83. The molecule has 0 saturated carbocycles. The van der Waals surface area contributed by atoms with Crippen molar-refractivity contribution in [1.82, 2.24) is 4.90 Å². The SMILES string of the molecule is CC(C(=O)N1CCOCC1CO)c1cccc(N)c1. The fraction of sp³-hybridized carbons (Fsp3) is 0.500. The summed E-state index contributed by atoms with van der Waals surface area (Å²) in [6, 6.07) is 7.11. The van der Waals surface area contributed by atoms with Crippen LogP contribution in [0.15, 0.2) is 24.3 Å². The Morgan fingerprint density at radius 2 is 2.42 bits per heavy atom. The second kappa shape index (κ2) is 6.04. The van der Waals surface area contributed by atoms with E-state index >= 15 is 0 Å². The van der Waals surface area contributed by atoms with Gasteiger partial charge in [-0.2, -0.15) is 0 Å². The van der Waals surface area contributed by atoms with E-state index in [4.69, 9.17) is 10.5 Å². The molecular weight excluding hydrogens is 244 g/mol. The standard InChI is InChI=1S/C14H20N2O3/c1-10(11-3-2-4-12(15)7-11)14(18)16-5-6-19-9-13(16)8-17/h2-4,7,10,13,17H,5-6,8-9,15H2,1H3. The number of amides is 1. The lowest BCUT2D eigenvalue weighted by molar-refractivity contribution is -0.142. The maximum Gasteiger partial charge on any atom is 0.230 e. The van der Waals surface area contributed by atoms with Gasteiger partial charge in [0.1, 0.15) is 0 Å². The number of anilines is 1. The van der Waals surface area contributed by atoms with Gasteiger partial charge in [0.25, 0.3) is 0 Å². The molecule has 2 rings (SSSR count). The molecule has 3 N–H and O–H groups in total. The van der Waals surface area contributed by atoms with Crippen molar-refractivity contribution >= 4 is 11.6 Å². The van der Waals surface area contributed by atoms with Crippen molar-refractivity contribution in [3.8, 4) is 0 Å². The Bertz CT molecular complexity index is 450. The molecule has 1 heterocycles. The predicted molar refractivity (Wildman–Crippen MR) is 72.7 cm³/mol. The summed E-state index contributed by atoms with van der Waals surface area (Å²) in [5, 5.41) is 9.31. The van der Waals surface area contributed by atoms with E-state index in [2.05, 4.69) is 0 Å². The zero-order valence-corrected chi connectivity index (χ0v) is 11.1. The van der Waals surface area contributed by atoms with Gasteiger partial charge in [-0.1, -0.05) is 12.1 Å². The van der Waals surface area contributed by atoms with Crippen molar-refractivity contribution < 1.29 is 14.6 Å². The molecule has 2 unspecified atom stereocenters.